The van der Waals surface area contributed by atoms with Crippen LogP contribution in [0.2, 0.25) is 0 Å². The van der Waals surface area contributed by atoms with Gasteiger partial charge < -0.3 is 19.2 Å². The smallest absolute Gasteiger partial charge is 0.252 e. The minimum absolute atomic E-state index is 0.0672. The van der Waals surface area contributed by atoms with Crippen LogP contribution in [0.5, 0.6) is 11.5 Å². The summed E-state index contributed by atoms with van der Waals surface area (Å²) in [6, 6.07) is 11.8. The van der Waals surface area contributed by atoms with Crippen LogP contribution in [0.15, 0.2) is 47.3 Å². The molecule has 0 unspecified atom stereocenters. The fourth-order valence-corrected chi connectivity index (χ4v) is 5.41. The van der Waals surface area contributed by atoms with Gasteiger partial charge in [-0.25, -0.2) is 9.07 Å². The maximum Gasteiger partial charge on any atom is 0.252 e. The molecule has 2 aliphatic rings. The number of H-pyrrole nitrogens is 1. The molecule has 4 aromatic rings. The summed E-state index contributed by atoms with van der Waals surface area (Å²) in [6.07, 6.45) is 2.77. The third kappa shape index (κ3) is 5.50. The van der Waals surface area contributed by atoms with Crippen molar-refractivity contribution < 1.29 is 18.6 Å². The molecule has 0 bridgehead atoms. The predicted molar refractivity (Wildman–Crippen MR) is 141 cm³/mol. The summed E-state index contributed by atoms with van der Waals surface area (Å²) >= 11 is 0. The van der Waals surface area contributed by atoms with Gasteiger partial charge in [0.25, 0.3) is 5.56 Å². The van der Waals surface area contributed by atoms with E-state index in [1.807, 2.05) is 18.2 Å². The van der Waals surface area contributed by atoms with E-state index < -0.39 is 0 Å². The molecule has 1 fully saturated rings. The van der Waals surface area contributed by atoms with E-state index in [0.717, 1.165) is 36.8 Å². The summed E-state index contributed by atoms with van der Waals surface area (Å²) < 4.78 is 32.6. The van der Waals surface area contributed by atoms with Gasteiger partial charge in [-0.3, -0.25) is 9.69 Å². The van der Waals surface area contributed by atoms with E-state index in [4.69, 9.17) is 14.2 Å². The van der Waals surface area contributed by atoms with Crippen molar-refractivity contribution >= 4 is 10.9 Å². The van der Waals surface area contributed by atoms with E-state index in [-0.39, 0.29) is 23.5 Å². The molecule has 2 aromatic heterocycles. The lowest BCUT2D eigenvalue weighted by molar-refractivity contribution is 0.0489. The number of rotatable bonds is 9. The number of halogens is 1. The molecule has 39 heavy (non-hydrogen) atoms. The Morgan fingerprint density at radius 3 is 2.67 bits per heavy atom. The van der Waals surface area contributed by atoms with Crippen LogP contribution in [0.4, 0.5) is 4.39 Å². The zero-order valence-corrected chi connectivity index (χ0v) is 21.8. The fourth-order valence-electron chi connectivity index (χ4n) is 5.41. The maximum atomic E-state index is 13.4. The summed E-state index contributed by atoms with van der Waals surface area (Å²) in [7, 11) is 0. The highest BCUT2D eigenvalue weighted by Gasteiger charge is 2.29. The normalized spacial score (nSPS) is 17.7. The molecular formula is C28H31FN6O4. The number of hydrogen-bond donors (Lipinski definition) is 1. The minimum atomic E-state index is -0.287. The number of nitrogens with one attached hydrogen (secondary N) is 1. The zero-order chi connectivity index (χ0) is 26.8. The molecule has 2 aliphatic heterocycles. The number of nitrogens with zero attached hydrogens (tertiary/aromatic N) is 5. The van der Waals surface area contributed by atoms with Crippen molar-refractivity contribution in [1.29, 1.82) is 0 Å². The molecule has 2 atom stereocenters. The lowest BCUT2D eigenvalue weighted by Gasteiger charge is -2.32. The van der Waals surface area contributed by atoms with Gasteiger partial charge in [-0.2, -0.15) is 0 Å². The number of ether oxygens (including phenoxy) is 3. The maximum absolute atomic E-state index is 13.4. The lowest BCUT2D eigenvalue weighted by Crippen LogP contribution is -2.37. The number of fused-ring (bicyclic) bond motifs is 2. The van der Waals surface area contributed by atoms with Gasteiger partial charge in [-0.05, 0) is 59.5 Å². The SMILES string of the molecule is CC[C@H](c1nnnn1Cc1ccc(F)cc1)N(Cc1cc2cc3c(cc2[nH]c1=O)OCCO3)C[C@@H]1CCCO1. The van der Waals surface area contributed by atoms with E-state index in [2.05, 4.69) is 32.3 Å². The molecule has 204 valence electrons. The van der Waals surface area contributed by atoms with Gasteiger partial charge in [0.05, 0.1) is 24.2 Å². The Bertz CT molecular complexity index is 1500. The number of pyridine rings is 1. The molecule has 4 heterocycles. The topological polar surface area (TPSA) is 107 Å². The van der Waals surface area contributed by atoms with Crippen molar-refractivity contribution in [3.05, 3.63) is 75.6 Å². The number of hydrogen-bond acceptors (Lipinski definition) is 8. The highest BCUT2D eigenvalue weighted by molar-refractivity contribution is 5.83. The Hall–Kier alpha value is -3.83. The first-order chi connectivity index (χ1) is 19.1. The summed E-state index contributed by atoms with van der Waals surface area (Å²) in [6.45, 7) is 5.24. The molecule has 2 aromatic carbocycles. The molecule has 0 saturated carbocycles. The van der Waals surface area contributed by atoms with Gasteiger partial charge in [0.15, 0.2) is 17.3 Å². The molecule has 6 rings (SSSR count). The third-order valence-electron chi connectivity index (χ3n) is 7.35. The van der Waals surface area contributed by atoms with Crippen LogP contribution < -0.4 is 15.0 Å². The molecule has 0 radical (unpaired) electrons. The molecule has 0 amide bonds. The Balaban J connectivity index is 1.32. The summed E-state index contributed by atoms with van der Waals surface area (Å²) in [5.74, 6) is 1.72. The first-order valence-electron chi connectivity index (χ1n) is 13.4. The van der Waals surface area contributed by atoms with Crippen molar-refractivity contribution in [3.8, 4) is 11.5 Å². The predicted octanol–water partition coefficient (Wildman–Crippen LogP) is 3.61. The molecule has 11 heteroatoms. The largest absolute Gasteiger partial charge is 0.486 e. The highest BCUT2D eigenvalue weighted by atomic mass is 19.1. The molecule has 10 nitrogen and oxygen atoms in total. The van der Waals surface area contributed by atoms with Crippen molar-refractivity contribution in [3.63, 3.8) is 0 Å². The lowest BCUT2D eigenvalue weighted by atomic mass is 10.1. The standard InChI is InChI=1S/C28H31FN6O4/c1-2-24(27-31-32-33-35(27)15-18-5-7-21(29)8-6-18)34(17-22-4-3-9-37-22)16-20-12-19-13-25-26(39-11-10-38-25)14-23(19)30-28(20)36/h5-8,12-14,22,24H,2-4,9-11,15-17H2,1H3,(H,30,36)/t22-,24+/m0/s1. The second kappa shape index (κ2) is 11.1. The zero-order valence-electron chi connectivity index (χ0n) is 21.8. The Morgan fingerprint density at radius 2 is 1.92 bits per heavy atom. The van der Waals surface area contributed by atoms with Crippen molar-refractivity contribution in [1.82, 2.24) is 30.1 Å². The van der Waals surface area contributed by atoms with Crippen LogP contribution in [-0.2, 0) is 17.8 Å². The van der Waals surface area contributed by atoms with E-state index in [9.17, 15) is 9.18 Å². The number of benzene rings is 2. The second-order valence-corrected chi connectivity index (χ2v) is 10.0. The van der Waals surface area contributed by atoms with Crippen LogP contribution in [-0.4, -0.2) is 62.6 Å². The summed E-state index contributed by atoms with van der Waals surface area (Å²) in [4.78, 5) is 18.5. The van der Waals surface area contributed by atoms with Gasteiger partial charge in [-0.15, -0.1) is 5.10 Å². The minimum Gasteiger partial charge on any atom is -0.486 e. The van der Waals surface area contributed by atoms with E-state index in [1.54, 1.807) is 16.8 Å². The van der Waals surface area contributed by atoms with Gasteiger partial charge in [0, 0.05) is 36.7 Å². The first-order valence-corrected chi connectivity index (χ1v) is 13.4. The average molecular weight is 535 g/mol. The van der Waals surface area contributed by atoms with Crippen molar-refractivity contribution in [2.24, 2.45) is 0 Å². The average Bonchev–Trinajstić information content (AvgIpc) is 3.62. The summed E-state index contributed by atoms with van der Waals surface area (Å²) in [5, 5.41) is 13.5. The van der Waals surface area contributed by atoms with E-state index in [1.165, 1.54) is 12.1 Å². The second-order valence-electron chi connectivity index (χ2n) is 10.0. The van der Waals surface area contributed by atoms with Crippen molar-refractivity contribution in [2.75, 3.05) is 26.4 Å². The van der Waals surface area contributed by atoms with Gasteiger partial charge >= 0.3 is 0 Å². The highest BCUT2D eigenvalue weighted by Crippen LogP contribution is 2.34. The molecule has 0 spiro atoms. The monoisotopic (exact) mass is 534 g/mol. The first kappa shape index (κ1) is 25.4. The number of aromatic nitrogens is 5. The van der Waals surface area contributed by atoms with Crippen LogP contribution in [0.1, 0.15) is 49.2 Å². The van der Waals surface area contributed by atoms with Gasteiger partial charge in [0.1, 0.15) is 19.0 Å². The molecule has 0 aliphatic carbocycles. The Kier molecular flexibility index (Phi) is 7.25. The third-order valence-corrected chi connectivity index (χ3v) is 7.35. The van der Waals surface area contributed by atoms with Crippen molar-refractivity contribution in [2.45, 2.75) is 51.4 Å². The molecule has 1 saturated heterocycles. The number of aromatic amines is 1. The fraction of sp³-hybridized carbons (Fsp3) is 0.429. The summed E-state index contributed by atoms with van der Waals surface area (Å²) in [5.41, 5.74) is 2.07. The van der Waals surface area contributed by atoms with Crippen LogP contribution in [0, 0.1) is 5.82 Å². The van der Waals surface area contributed by atoms with Crippen LogP contribution >= 0.6 is 0 Å². The molecule has 1 N–H and O–H groups in total. The quantitative estimate of drug-likeness (QED) is 0.347. The molecular weight excluding hydrogens is 503 g/mol. The van der Waals surface area contributed by atoms with E-state index in [0.29, 0.717) is 61.3 Å². The van der Waals surface area contributed by atoms with Gasteiger partial charge in [-0.1, -0.05) is 19.1 Å². The van der Waals surface area contributed by atoms with Crippen LogP contribution in [0.25, 0.3) is 10.9 Å². The van der Waals surface area contributed by atoms with E-state index >= 15 is 0 Å². The Labute approximate surface area is 224 Å². The van der Waals surface area contributed by atoms with Gasteiger partial charge in [0.2, 0.25) is 0 Å². The Morgan fingerprint density at radius 1 is 1.13 bits per heavy atom. The number of tetrazole rings is 1. The van der Waals surface area contributed by atoms with Crippen LogP contribution in [0.3, 0.4) is 0 Å².